The summed E-state index contributed by atoms with van der Waals surface area (Å²) in [5.41, 5.74) is 0.134. The molecule has 0 spiro atoms. The lowest BCUT2D eigenvalue weighted by Gasteiger charge is -2.12. The molecule has 1 amide bonds. The smallest absolute Gasteiger partial charge is 0.287 e. The van der Waals surface area contributed by atoms with E-state index in [4.69, 9.17) is 9.84 Å². The van der Waals surface area contributed by atoms with Gasteiger partial charge in [-0.15, -0.1) is 0 Å². The monoisotopic (exact) mass is 285 g/mol. The van der Waals surface area contributed by atoms with Crippen LogP contribution in [0.15, 0.2) is 12.3 Å². The lowest BCUT2D eigenvalue weighted by Crippen LogP contribution is -2.29. The number of aromatic nitrogens is 1. The van der Waals surface area contributed by atoms with Crippen molar-refractivity contribution in [3.63, 3.8) is 0 Å². The van der Waals surface area contributed by atoms with Crippen LogP contribution in [-0.4, -0.2) is 46.9 Å². The van der Waals surface area contributed by atoms with Gasteiger partial charge in [0.2, 0.25) is 0 Å². The Labute approximate surface area is 116 Å². The number of carbonyl (C=O) groups is 1. The minimum atomic E-state index is -0.528. The average Bonchev–Trinajstić information content (AvgIpc) is 2.83. The molecule has 0 unspecified atom stereocenters. The summed E-state index contributed by atoms with van der Waals surface area (Å²) in [4.78, 5) is 22.2. The van der Waals surface area contributed by atoms with Crippen LogP contribution in [0.2, 0.25) is 0 Å². The van der Waals surface area contributed by atoms with Crippen LogP contribution in [0.1, 0.15) is 30.4 Å². The van der Waals surface area contributed by atoms with Gasteiger partial charge in [-0.1, -0.05) is 0 Å². The molecular formula is C12H19N3O5. The van der Waals surface area contributed by atoms with Gasteiger partial charge in [0.25, 0.3) is 11.6 Å². The van der Waals surface area contributed by atoms with Gasteiger partial charge in [-0.05, 0) is 13.8 Å². The molecule has 20 heavy (non-hydrogen) atoms. The number of hydrogen-bond acceptors (Lipinski definition) is 5. The number of carbonyl (C=O) groups excluding carboxylic acids is 1. The summed E-state index contributed by atoms with van der Waals surface area (Å²) in [7, 11) is 0. The fourth-order valence-electron chi connectivity index (χ4n) is 1.67. The van der Waals surface area contributed by atoms with Gasteiger partial charge in [-0.25, -0.2) is 0 Å². The minimum Gasteiger partial charge on any atom is -0.394 e. The molecule has 1 aromatic heterocycles. The van der Waals surface area contributed by atoms with E-state index < -0.39 is 4.92 Å². The molecule has 1 rings (SSSR count). The van der Waals surface area contributed by atoms with E-state index in [0.29, 0.717) is 0 Å². The maximum atomic E-state index is 12.0. The fourth-order valence-corrected chi connectivity index (χ4v) is 1.67. The first kappa shape index (κ1) is 16.1. The quantitative estimate of drug-likeness (QED) is 0.416. The summed E-state index contributed by atoms with van der Waals surface area (Å²) in [5.74, 6) is -0.389. The molecule has 0 atom stereocenters. The third kappa shape index (κ3) is 4.32. The number of rotatable bonds is 8. The van der Waals surface area contributed by atoms with Crippen LogP contribution in [0, 0.1) is 10.1 Å². The Kier molecular flexibility index (Phi) is 6.13. The molecule has 0 fully saturated rings. The van der Waals surface area contributed by atoms with Crippen LogP contribution in [0.4, 0.5) is 5.69 Å². The molecule has 0 radical (unpaired) electrons. The molecule has 0 aliphatic heterocycles. The van der Waals surface area contributed by atoms with Crippen LogP contribution in [0.25, 0.3) is 0 Å². The molecule has 8 nitrogen and oxygen atoms in total. The normalized spacial score (nSPS) is 10.8. The number of hydrogen-bond donors (Lipinski definition) is 2. The van der Waals surface area contributed by atoms with Gasteiger partial charge in [-0.3, -0.25) is 14.9 Å². The largest absolute Gasteiger partial charge is 0.394 e. The number of nitrogens with one attached hydrogen (secondary N) is 1. The van der Waals surface area contributed by atoms with Gasteiger partial charge in [0, 0.05) is 18.7 Å². The van der Waals surface area contributed by atoms with Crippen molar-refractivity contribution in [2.45, 2.75) is 19.9 Å². The zero-order chi connectivity index (χ0) is 15.1. The summed E-state index contributed by atoms with van der Waals surface area (Å²) in [5, 5.41) is 21.9. The molecule has 0 bridgehead atoms. The van der Waals surface area contributed by atoms with E-state index in [9.17, 15) is 14.9 Å². The van der Waals surface area contributed by atoms with E-state index >= 15 is 0 Å². The van der Waals surface area contributed by atoms with E-state index in [1.807, 2.05) is 13.8 Å². The van der Waals surface area contributed by atoms with Crippen molar-refractivity contribution < 1.29 is 19.6 Å². The summed E-state index contributed by atoms with van der Waals surface area (Å²) < 4.78 is 6.57. The lowest BCUT2D eigenvalue weighted by atomic mass is 10.3. The fraction of sp³-hybridized carbons (Fsp3) is 0.583. The Morgan fingerprint density at radius 3 is 2.80 bits per heavy atom. The number of amides is 1. The molecule has 0 aromatic carbocycles. The SMILES string of the molecule is CC(C)n1cc([N+](=O)[O-])cc1C(=O)NCCOCCO. The Hall–Kier alpha value is -1.93. The van der Waals surface area contributed by atoms with Gasteiger partial charge in [-0.2, -0.15) is 0 Å². The first-order chi connectivity index (χ1) is 9.47. The number of nitrogens with zero attached hydrogens (tertiary/aromatic N) is 2. The highest BCUT2D eigenvalue weighted by Crippen LogP contribution is 2.20. The highest BCUT2D eigenvalue weighted by atomic mass is 16.6. The van der Waals surface area contributed by atoms with E-state index in [2.05, 4.69) is 5.32 Å². The molecule has 112 valence electrons. The molecule has 8 heteroatoms. The standard InChI is InChI=1S/C12H19N3O5/c1-9(2)14-8-10(15(18)19)7-11(14)12(17)13-3-5-20-6-4-16/h7-9,16H,3-6H2,1-2H3,(H,13,17). The topological polar surface area (TPSA) is 107 Å². The van der Waals surface area contributed by atoms with Crippen molar-refractivity contribution >= 4 is 11.6 Å². The molecular weight excluding hydrogens is 266 g/mol. The summed E-state index contributed by atoms with van der Waals surface area (Å²) >= 11 is 0. The lowest BCUT2D eigenvalue weighted by molar-refractivity contribution is -0.384. The highest BCUT2D eigenvalue weighted by Gasteiger charge is 2.20. The van der Waals surface area contributed by atoms with E-state index in [1.54, 1.807) is 4.57 Å². The minimum absolute atomic E-state index is 0.0601. The van der Waals surface area contributed by atoms with E-state index in [0.717, 1.165) is 0 Å². The predicted molar refractivity (Wildman–Crippen MR) is 71.7 cm³/mol. The van der Waals surface area contributed by atoms with Crippen LogP contribution in [0.3, 0.4) is 0 Å². The Morgan fingerprint density at radius 2 is 2.25 bits per heavy atom. The third-order valence-electron chi connectivity index (χ3n) is 2.60. The van der Waals surface area contributed by atoms with Crippen LogP contribution in [0.5, 0.6) is 0 Å². The second kappa shape index (κ2) is 7.61. The van der Waals surface area contributed by atoms with Crippen LogP contribution < -0.4 is 5.32 Å². The third-order valence-corrected chi connectivity index (χ3v) is 2.60. The molecule has 0 saturated heterocycles. The Morgan fingerprint density at radius 1 is 1.55 bits per heavy atom. The first-order valence-electron chi connectivity index (χ1n) is 6.30. The molecule has 1 aromatic rings. The van der Waals surface area contributed by atoms with Crippen LogP contribution in [-0.2, 0) is 4.74 Å². The summed E-state index contributed by atoms with van der Waals surface area (Å²) in [6.45, 7) is 4.36. The molecule has 0 aliphatic carbocycles. The van der Waals surface area contributed by atoms with Gasteiger partial charge in [0.1, 0.15) is 5.69 Å². The van der Waals surface area contributed by atoms with Crippen LogP contribution >= 0.6 is 0 Å². The van der Waals surface area contributed by atoms with Gasteiger partial charge < -0.3 is 19.7 Å². The van der Waals surface area contributed by atoms with E-state index in [-0.39, 0.29) is 49.7 Å². The van der Waals surface area contributed by atoms with Crippen molar-refractivity contribution in [2.24, 2.45) is 0 Å². The average molecular weight is 285 g/mol. The molecule has 1 heterocycles. The number of aliphatic hydroxyl groups excluding tert-OH is 1. The number of nitro groups is 1. The Bertz CT molecular complexity index is 470. The van der Waals surface area contributed by atoms with Crippen molar-refractivity contribution in [3.05, 3.63) is 28.1 Å². The Balaban J connectivity index is 2.68. The second-order valence-corrected chi connectivity index (χ2v) is 4.43. The maximum Gasteiger partial charge on any atom is 0.287 e. The molecule has 2 N–H and O–H groups in total. The zero-order valence-corrected chi connectivity index (χ0v) is 11.5. The van der Waals surface area contributed by atoms with Crippen molar-refractivity contribution in [1.29, 1.82) is 0 Å². The number of aliphatic hydroxyl groups is 1. The van der Waals surface area contributed by atoms with Crippen molar-refractivity contribution in [3.8, 4) is 0 Å². The van der Waals surface area contributed by atoms with E-state index in [1.165, 1.54) is 12.3 Å². The molecule has 0 saturated carbocycles. The second-order valence-electron chi connectivity index (χ2n) is 4.43. The number of ether oxygens (including phenoxy) is 1. The first-order valence-corrected chi connectivity index (χ1v) is 6.30. The van der Waals surface area contributed by atoms with Gasteiger partial charge >= 0.3 is 0 Å². The van der Waals surface area contributed by atoms with Crippen molar-refractivity contribution in [1.82, 2.24) is 9.88 Å². The van der Waals surface area contributed by atoms with Gasteiger partial charge in [0.05, 0.1) is 30.9 Å². The highest BCUT2D eigenvalue weighted by molar-refractivity contribution is 5.93. The predicted octanol–water partition coefficient (Wildman–Crippen LogP) is 0.716. The maximum absolute atomic E-state index is 12.0. The molecule has 0 aliphatic rings. The van der Waals surface area contributed by atoms with Gasteiger partial charge in [0.15, 0.2) is 0 Å². The summed E-state index contributed by atoms with van der Waals surface area (Å²) in [6, 6.07) is 1.19. The van der Waals surface area contributed by atoms with Crippen molar-refractivity contribution in [2.75, 3.05) is 26.4 Å². The zero-order valence-electron chi connectivity index (χ0n) is 11.5. The summed E-state index contributed by atoms with van der Waals surface area (Å²) in [6.07, 6.45) is 1.35.